The third-order valence-electron chi connectivity index (χ3n) is 4.69. The van der Waals surface area contributed by atoms with Gasteiger partial charge in [-0.1, -0.05) is 35.0 Å². The summed E-state index contributed by atoms with van der Waals surface area (Å²) in [5.41, 5.74) is 2.81. The van der Waals surface area contributed by atoms with Crippen molar-refractivity contribution in [3.8, 4) is 11.3 Å². The molecule has 1 saturated heterocycles. The van der Waals surface area contributed by atoms with Crippen LogP contribution in [-0.4, -0.2) is 47.0 Å². The number of hydrogen-bond acceptors (Lipinski definition) is 5. The fourth-order valence-electron chi connectivity index (χ4n) is 3.12. The molecule has 0 atom stereocenters. The smallest absolute Gasteiger partial charge is 0.292 e. The first-order valence-electron chi connectivity index (χ1n) is 8.77. The minimum atomic E-state index is -0.103. The predicted octanol–water partition coefficient (Wildman–Crippen LogP) is 3.20. The van der Waals surface area contributed by atoms with Crippen molar-refractivity contribution < 1.29 is 13.7 Å². The molecule has 1 fully saturated rings. The molecule has 3 aromatic rings. The first kappa shape index (κ1) is 16.6. The van der Waals surface area contributed by atoms with E-state index in [9.17, 15) is 4.79 Å². The van der Waals surface area contributed by atoms with Crippen molar-refractivity contribution in [2.75, 3.05) is 26.2 Å². The number of amides is 1. The van der Waals surface area contributed by atoms with Crippen LogP contribution in [0.15, 0.2) is 57.7 Å². The molecule has 0 spiro atoms. The van der Waals surface area contributed by atoms with Gasteiger partial charge in [-0.2, -0.15) is 0 Å². The van der Waals surface area contributed by atoms with E-state index in [1.165, 1.54) is 5.56 Å². The third kappa shape index (κ3) is 3.55. The van der Waals surface area contributed by atoms with Crippen LogP contribution in [-0.2, 0) is 6.54 Å². The van der Waals surface area contributed by atoms with Crippen molar-refractivity contribution in [1.29, 1.82) is 0 Å². The van der Waals surface area contributed by atoms with Crippen molar-refractivity contribution in [2.24, 2.45) is 0 Å². The van der Waals surface area contributed by atoms with Crippen molar-refractivity contribution in [2.45, 2.75) is 13.5 Å². The van der Waals surface area contributed by atoms with Crippen molar-refractivity contribution in [1.82, 2.24) is 15.0 Å². The number of carbonyl (C=O) groups excluding carboxylic acids is 1. The standard InChI is InChI=1S/C20H21N3O3/c1-15-4-6-16(7-5-15)18-13-19(26-21-18)20(24)23-10-8-22(9-11-23)14-17-3-2-12-25-17/h2-7,12-13H,8-11,14H2,1H3. The van der Waals surface area contributed by atoms with E-state index in [2.05, 4.69) is 10.1 Å². The summed E-state index contributed by atoms with van der Waals surface area (Å²) in [5.74, 6) is 1.14. The highest BCUT2D eigenvalue weighted by atomic mass is 16.5. The largest absolute Gasteiger partial charge is 0.468 e. The molecule has 0 bridgehead atoms. The van der Waals surface area contributed by atoms with Crippen LogP contribution in [0.25, 0.3) is 11.3 Å². The number of aromatic nitrogens is 1. The summed E-state index contributed by atoms with van der Waals surface area (Å²) >= 11 is 0. The van der Waals surface area contributed by atoms with Crippen LogP contribution >= 0.6 is 0 Å². The van der Waals surface area contributed by atoms with Crippen molar-refractivity contribution in [3.05, 3.63) is 65.8 Å². The third-order valence-corrected chi connectivity index (χ3v) is 4.69. The maximum absolute atomic E-state index is 12.7. The van der Waals surface area contributed by atoms with Gasteiger partial charge >= 0.3 is 0 Å². The van der Waals surface area contributed by atoms with Gasteiger partial charge in [-0.3, -0.25) is 9.69 Å². The maximum atomic E-state index is 12.7. The van der Waals surface area contributed by atoms with Crippen LogP contribution in [0, 0.1) is 6.92 Å². The Hall–Kier alpha value is -2.86. The number of nitrogens with zero attached hydrogens (tertiary/aromatic N) is 3. The number of carbonyl (C=O) groups is 1. The molecule has 2 aromatic heterocycles. The highest BCUT2D eigenvalue weighted by Crippen LogP contribution is 2.21. The van der Waals surface area contributed by atoms with Gasteiger partial charge in [-0.05, 0) is 19.1 Å². The zero-order valence-corrected chi connectivity index (χ0v) is 14.7. The van der Waals surface area contributed by atoms with Crippen LogP contribution in [0.5, 0.6) is 0 Å². The van der Waals surface area contributed by atoms with Gasteiger partial charge in [-0.25, -0.2) is 0 Å². The van der Waals surface area contributed by atoms with Crippen LogP contribution < -0.4 is 0 Å². The van der Waals surface area contributed by atoms with Crippen LogP contribution in [0.3, 0.4) is 0 Å². The highest BCUT2D eigenvalue weighted by Gasteiger charge is 2.25. The molecule has 1 aliphatic rings. The van der Waals surface area contributed by atoms with Gasteiger partial charge < -0.3 is 13.8 Å². The number of benzene rings is 1. The second-order valence-corrected chi connectivity index (χ2v) is 6.59. The minimum absolute atomic E-state index is 0.103. The molecule has 1 aromatic carbocycles. The Labute approximate surface area is 152 Å². The van der Waals surface area contributed by atoms with E-state index in [1.54, 1.807) is 12.3 Å². The Morgan fingerprint density at radius 3 is 2.58 bits per heavy atom. The quantitative estimate of drug-likeness (QED) is 0.722. The molecule has 6 heteroatoms. The summed E-state index contributed by atoms with van der Waals surface area (Å²) in [6.07, 6.45) is 1.69. The lowest BCUT2D eigenvalue weighted by atomic mass is 10.1. The summed E-state index contributed by atoms with van der Waals surface area (Å²) in [6, 6.07) is 13.6. The number of aryl methyl sites for hydroxylation is 1. The van der Waals surface area contributed by atoms with E-state index >= 15 is 0 Å². The van der Waals surface area contributed by atoms with Crippen LogP contribution in [0.4, 0.5) is 0 Å². The second kappa shape index (κ2) is 7.17. The molecule has 134 valence electrons. The summed E-state index contributed by atoms with van der Waals surface area (Å²) < 4.78 is 10.7. The predicted molar refractivity (Wildman–Crippen MR) is 96.6 cm³/mol. The molecule has 0 N–H and O–H groups in total. The van der Waals surface area contributed by atoms with E-state index in [0.29, 0.717) is 24.5 Å². The monoisotopic (exact) mass is 351 g/mol. The number of piperazine rings is 1. The number of rotatable bonds is 4. The molecular weight excluding hydrogens is 330 g/mol. The highest BCUT2D eigenvalue weighted by molar-refractivity contribution is 5.92. The zero-order valence-electron chi connectivity index (χ0n) is 14.7. The SMILES string of the molecule is Cc1ccc(-c2cc(C(=O)N3CCN(Cc4ccco4)CC3)on2)cc1. The normalized spacial score (nSPS) is 15.3. The molecule has 0 unspecified atom stereocenters. The molecule has 0 aliphatic carbocycles. The summed E-state index contributed by atoms with van der Waals surface area (Å²) in [5, 5.41) is 4.05. The molecule has 6 nitrogen and oxygen atoms in total. The summed E-state index contributed by atoms with van der Waals surface area (Å²) in [7, 11) is 0. The lowest BCUT2D eigenvalue weighted by molar-refractivity contribution is 0.0581. The van der Waals surface area contributed by atoms with Gasteiger partial charge in [0.05, 0.1) is 12.8 Å². The van der Waals surface area contributed by atoms with Crippen molar-refractivity contribution in [3.63, 3.8) is 0 Å². The fourth-order valence-corrected chi connectivity index (χ4v) is 3.12. The maximum Gasteiger partial charge on any atom is 0.292 e. The Morgan fingerprint density at radius 1 is 1.12 bits per heavy atom. The molecule has 0 radical (unpaired) electrons. The van der Waals surface area contributed by atoms with E-state index in [1.807, 2.05) is 48.2 Å². The van der Waals surface area contributed by atoms with E-state index < -0.39 is 0 Å². The minimum Gasteiger partial charge on any atom is -0.468 e. The average molecular weight is 351 g/mol. The number of furan rings is 1. The fraction of sp³-hybridized carbons (Fsp3) is 0.300. The first-order valence-corrected chi connectivity index (χ1v) is 8.77. The summed E-state index contributed by atoms with van der Waals surface area (Å²) in [6.45, 7) is 5.76. The molecular formula is C20H21N3O3. The Morgan fingerprint density at radius 2 is 1.88 bits per heavy atom. The van der Waals surface area contributed by atoms with E-state index in [-0.39, 0.29) is 5.91 Å². The molecule has 3 heterocycles. The lowest BCUT2D eigenvalue weighted by Gasteiger charge is -2.33. The average Bonchev–Trinajstić information content (AvgIpc) is 3.34. The molecule has 1 amide bonds. The van der Waals surface area contributed by atoms with E-state index in [4.69, 9.17) is 8.94 Å². The molecule has 26 heavy (non-hydrogen) atoms. The Bertz CT molecular complexity index is 860. The summed E-state index contributed by atoms with van der Waals surface area (Å²) in [4.78, 5) is 16.8. The second-order valence-electron chi connectivity index (χ2n) is 6.59. The zero-order chi connectivity index (χ0) is 17.9. The van der Waals surface area contributed by atoms with Gasteiger partial charge in [0.1, 0.15) is 11.5 Å². The van der Waals surface area contributed by atoms with Crippen molar-refractivity contribution >= 4 is 5.91 Å². The molecule has 4 rings (SSSR count). The Balaban J connectivity index is 1.37. The molecule has 1 aliphatic heterocycles. The Kier molecular flexibility index (Phi) is 4.58. The van der Waals surface area contributed by atoms with Gasteiger partial charge in [0.15, 0.2) is 0 Å². The van der Waals surface area contributed by atoms with Gasteiger partial charge in [0.2, 0.25) is 5.76 Å². The number of hydrogen-bond donors (Lipinski definition) is 0. The first-order chi connectivity index (χ1) is 12.7. The van der Waals surface area contributed by atoms with Gasteiger partial charge in [0, 0.05) is 37.8 Å². The topological polar surface area (TPSA) is 62.7 Å². The van der Waals surface area contributed by atoms with Crippen LogP contribution in [0.2, 0.25) is 0 Å². The molecule has 0 saturated carbocycles. The van der Waals surface area contributed by atoms with Crippen LogP contribution in [0.1, 0.15) is 21.9 Å². The van der Waals surface area contributed by atoms with Gasteiger partial charge in [-0.15, -0.1) is 0 Å². The lowest BCUT2D eigenvalue weighted by Crippen LogP contribution is -2.48. The van der Waals surface area contributed by atoms with E-state index in [0.717, 1.165) is 31.0 Å². The van der Waals surface area contributed by atoms with Gasteiger partial charge in [0.25, 0.3) is 5.91 Å².